The largest absolute Gasteiger partial charge is 0.362 e. The van der Waals surface area contributed by atoms with E-state index in [0.717, 1.165) is 11.4 Å². The lowest BCUT2D eigenvalue weighted by Crippen LogP contribution is -2.54. The van der Waals surface area contributed by atoms with Crippen molar-refractivity contribution < 1.29 is 14.4 Å². The Bertz CT molecular complexity index is 644. The molecule has 23 heavy (non-hydrogen) atoms. The van der Waals surface area contributed by atoms with Gasteiger partial charge in [0.15, 0.2) is 0 Å². The fourth-order valence-electron chi connectivity index (χ4n) is 3.27. The molecule has 0 bridgehead atoms. The van der Waals surface area contributed by atoms with Crippen molar-refractivity contribution in [1.82, 2.24) is 20.1 Å². The van der Waals surface area contributed by atoms with E-state index in [1.54, 1.807) is 9.80 Å². The third-order valence-electron chi connectivity index (χ3n) is 4.55. The molecule has 1 atom stereocenters. The van der Waals surface area contributed by atoms with E-state index in [1.165, 1.54) is 0 Å². The van der Waals surface area contributed by atoms with Crippen molar-refractivity contribution in [2.45, 2.75) is 32.7 Å². The maximum absolute atomic E-state index is 12.6. The Morgan fingerprint density at radius 2 is 1.78 bits per heavy atom. The average molecular weight is 318 g/mol. The Kier molecular flexibility index (Phi) is 4.11. The zero-order chi connectivity index (χ0) is 16.6. The molecule has 3 heterocycles. The molecule has 1 aromatic heterocycles. The van der Waals surface area contributed by atoms with Gasteiger partial charge >= 0.3 is 0 Å². The van der Waals surface area contributed by atoms with E-state index in [0.29, 0.717) is 44.6 Å². The second kappa shape index (κ2) is 6.06. The molecule has 2 saturated heterocycles. The number of carbonyl (C=O) groups excluding carboxylic acids is 3. The average Bonchev–Trinajstić information content (AvgIpc) is 3.11. The summed E-state index contributed by atoms with van der Waals surface area (Å²) in [6, 6.07) is 1.47. The number of hydrogen-bond acceptors (Lipinski definition) is 3. The first-order chi connectivity index (χ1) is 11.0. The van der Waals surface area contributed by atoms with Gasteiger partial charge in [-0.1, -0.05) is 0 Å². The van der Waals surface area contributed by atoms with Crippen LogP contribution >= 0.6 is 0 Å². The van der Waals surface area contributed by atoms with Gasteiger partial charge in [-0.05, 0) is 26.3 Å². The molecule has 124 valence electrons. The summed E-state index contributed by atoms with van der Waals surface area (Å²) in [5, 5.41) is 2.71. The minimum absolute atomic E-state index is 0.00752. The summed E-state index contributed by atoms with van der Waals surface area (Å²) >= 11 is 0. The van der Waals surface area contributed by atoms with E-state index >= 15 is 0 Å². The molecule has 2 aliphatic heterocycles. The summed E-state index contributed by atoms with van der Waals surface area (Å²) in [6.45, 7) is 5.89. The van der Waals surface area contributed by atoms with Crippen LogP contribution in [0.25, 0.3) is 0 Å². The monoisotopic (exact) mass is 318 g/mol. The van der Waals surface area contributed by atoms with Gasteiger partial charge in [-0.25, -0.2) is 0 Å². The number of piperazine rings is 1. The van der Waals surface area contributed by atoms with Crippen molar-refractivity contribution >= 4 is 17.7 Å². The van der Waals surface area contributed by atoms with Crippen LogP contribution in [0.2, 0.25) is 0 Å². The zero-order valence-electron chi connectivity index (χ0n) is 13.5. The lowest BCUT2D eigenvalue weighted by atomic mass is 10.1. The summed E-state index contributed by atoms with van der Waals surface area (Å²) in [5.41, 5.74) is 2.54. The highest BCUT2D eigenvalue weighted by molar-refractivity contribution is 5.96. The zero-order valence-corrected chi connectivity index (χ0v) is 13.5. The third-order valence-corrected chi connectivity index (χ3v) is 4.55. The minimum atomic E-state index is -0.390. The van der Waals surface area contributed by atoms with Gasteiger partial charge < -0.3 is 20.1 Å². The minimum Gasteiger partial charge on any atom is -0.362 e. The number of H-pyrrole nitrogens is 1. The summed E-state index contributed by atoms with van der Waals surface area (Å²) in [4.78, 5) is 42.8. The van der Waals surface area contributed by atoms with Crippen LogP contribution in [0.1, 0.15) is 34.6 Å². The molecule has 0 radical (unpaired) electrons. The van der Waals surface area contributed by atoms with E-state index in [2.05, 4.69) is 10.3 Å². The van der Waals surface area contributed by atoms with E-state index in [4.69, 9.17) is 0 Å². The molecule has 0 spiro atoms. The second-order valence-corrected chi connectivity index (χ2v) is 6.27. The smallest absolute Gasteiger partial charge is 0.255 e. The summed E-state index contributed by atoms with van der Waals surface area (Å²) in [6.07, 6.45) is 0.986. The molecule has 3 rings (SSSR count). The quantitative estimate of drug-likeness (QED) is 0.816. The topological polar surface area (TPSA) is 85.5 Å². The summed E-state index contributed by atoms with van der Waals surface area (Å²) in [7, 11) is 0. The number of hydrogen-bond donors (Lipinski definition) is 2. The van der Waals surface area contributed by atoms with Crippen LogP contribution in [0.15, 0.2) is 6.07 Å². The van der Waals surface area contributed by atoms with Crippen molar-refractivity contribution in [2.75, 3.05) is 26.2 Å². The summed E-state index contributed by atoms with van der Waals surface area (Å²) in [5.74, 6) is -0.0831. The Morgan fingerprint density at radius 3 is 2.30 bits per heavy atom. The van der Waals surface area contributed by atoms with Gasteiger partial charge in [0.25, 0.3) is 5.91 Å². The molecule has 7 nitrogen and oxygen atoms in total. The fraction of sp³-hybridized carbons (Fsp3) is 0.562. The Labute approximate surface area is 135 Å². The number of nitrogens with zero attached hydrogens (tertiary/aromatic N) is 2. The van der Waals surface area contributed by atoms with Crippen LogP contribution in [0, 0.1) is 13.8 Å². The van der Waals surface area contributed by atoms with E-state index < -0.39 is 0 Å². The highest BCUT2D eigenvalue weighted by atomic mass is 16.2. The molecule has 0 aliphatic carbocycles. The summed E-state index contributed by atoms with van der Waals surface area (Å²) < 4.78 is 0. The number of amides is 3. The van der Waals surface area contributed by atoms with Gasteiger partial charge in [0.2, 0.25) is 11.8 Å². The molecule has 2 N–H and O–H groups in total. The molecular weight excluding hydrogens is 296 g/mol. The lowest BCUT2D eigenvalue weighted by Gasteiger charge is -2.35. The molecule has 0 aromatic carbocycles. The van der Waals surface area contributed by atoms with E-state index in [9.17, 15) is 14.4 Å². The Morgan fingerprint density at radius 1 is 1.13 bits per heavy atom. The number of aromatic nitrogens is 1. The van der Waals surface area contributed by atoms with E-state index in [-0.39, 0.29) is 23.8 Å². The van der Waals surface area contributed by atoms with Crippen LogP contribution in [0.5, 0.6) is 0 Å². The fourth-order valence-corrected chi connectivity index (χ4v) is 3.27. The first-order valence-corrected chi connectivity index (χ1v) is 7.99. The predicted octanol–water partition coefficient (Wildman–Crippen LogP) is 0.195. The van der Waals surface area contributed by atoms with Crippen LogP contribution in [0.4, 0.5) is 0 Å². The van der Waals surface area contributed by atoms with Crippen molar-refractivity contribution in [3.63, 3.8) is 0 Å². The number of aryl methyl sites for hydroxylation is 2. The van der Waals surface area contributed by atoms with Crippen LogP contribution in [-0.4, -0.2) is 64.7 Å². The third kappa shape index (κ3) is 3.09. The molecule has 2 aliphatic rings. The number of aromatic amines is 1. The normalized spacial score (nSPS) is 21.5. The first kappa shape index (κ1) is 15.6. The number of rotatable bonds is 2. The van der Waals surface area contributed by atoms with Gasteiger partial charge in [-0.2, -0.15) is 0 Å². The maximum Gasteiger partial charge on any atom is 0.255 e. The second-order valence-electron chi connectivity index (χ2n) is 6.27. The molecule has 1 aromatic rings. The Balaban J connectivity index is 1.58. The molecule has 0 saturated carbocycles. The standard InChI is InChI=1S/C16H22N4O3/c1-10-9-12(11(2)17-10)15(22)19-5-7-20(8-6-19)16(23)13-3-4-14(21)18-13/h9,13,17H,3-8H2,1-2H3,(H,18,21). The molecule has 1 unspecified atom stereocenters. The first-order valence-electron chi connectivity index (χ1n) is 7.99. The van der Waals surface area contributed by atoms with Crippen molar-refractivity contribution in [2.24, 2.45) is 0 Å². The van der Waals surface area contributed by atoms with Gasteiger partial charge in [-0.15, -0.1) is 0 Å². The molecule has 3 amide bonds. The van der Waals surface area contributed by atoms with Crippen molar-refractivity contribution in [3.05, 3.63) is 23.0 Å². The number of nitrogens with one attached hydrogen (secondary N) is 2. The van der Waals surface area contributed by atoms with Crippen molar-refractivity contribution in [3.8, 4) is 0 Å². The van der Waals surface area contributed by atoms with Crippen LogP contribution in [-0.2, 0) is 9.59 Å². The predicted molar refractivity (Wildman–Crippen MR) is 83.9 cm³/mol. The highest BCUT2D eigenvalue weighted by Gasteiger charge is 2.33. The molecule has 7 heteroatoms. The number of carbonyl (C=O) groups is 3. The maximum atomic E-state index is 12.6. The van der Waals surface area contributed by atoms with Gasteiger partial charge in [0, 0.05) is 44.0 Å². The Hall–Kier alpha value is -2.31. The molecular formula is C16H22N4O3. The van der Waals surface area contributed by atoms with Gasteiger partial charge in [0.05, 0.1) is 5.56 Å². The van der Waals surface area contributed by atoms with Crippen LogP contribution < -0.4 is 5.32 Å². The van der Waals surface area contributed by atoms with Crippen molar-refractivity contribution in [1.29, 1.82) is 0 Å². The highest BCUT2D eigenvalue weighted by Crippen LogP contribution is 2.16. The van der Waals surface area contributed by atoms with Crippen LogP contribution in [0.3, 0.4) is 0 Å². The van der Waals surface area contributed by atoms with E-state index in [1.807, 2.05) is 19.9 Å². The lowest BCUT2D eigenvalue weighted by molar-refractivity contribution is -0.135. The van der Waals surface area contributed by atoms with Gasteiger partial charge in [-0.3, -0.25) is 14.4 Å². The van der Waals surface area contributed by atoms with Gasteiger partial charge in [0.1, 0.15) is 6.04 Å². The SMILES string of the molecule is Cc1cc(C(=O)N2CCN(C(=O)C3CCC(=O)N3)CC2)c(C)[nH]1. The molecule has 2 fully saturated rings.